The van der Waals surface area contributed by atoms with Gasteiger partial charge in [0.1, 0.15) is 0 Å². The van der Waals surface area contributed by atoms with Crippen LogP contribution in [0.5, 0.6) is 0 Å². The summed E-state index contributed by atoms with van der Waals surface area (Å²) in [5, 5.41) is 19.6. The summed E-state index contributed by atoms with van der Waals surface area (Å²) in [6.07, 6.45) is 1.31. The van der Waals surface area contributed by atoms with Crippen LogP contribution in [0, 0.1) is 0 Å². The minimum atomic E-state index is -1.31. The molecule has 1 aliphatic carbocycles. The number of aliphatic hydroxyl groups excluding tert-OH is 1. The zero-order valence-corrected chi connectivity index (χ0v) is 25.7. The fraction of sp³-hybridized carbons (Fsp3) is 0.152. The molecule has 8 heteroatoms. The molecule has 1 saturated carbocycles. The van der Waals surface area contributed by atoms with Gasteiger partial charge in [0.2, 0.25) is 0 Å². The monoisotopic (exact) mass is 726 g/mol. The zero-order chi connectivity index (χ0) is 28.1. The summed E-state index contributed by atoms with van der Waals surface area (Å²) in [5.74, 6) is -0.463. The van der Waals surface area contributed by atoms with Crippen LogP contribution < -0.4 is 0 Å². The van der Waals surface area contributed by atoms with Crippen molar-refractivity contribution in [2.75, 3.05) is 7.11 Å². The third-order valence-corrected chi connectivity index (χ3v) is 6.54. The minimum Gasteiger partial charge on any atom is -0.460 e. The molecule has 2 N–H and O–H groups in total. The number of carbonyl (C=O) groups is 1. The van der Waals surface area contributed by atoms with Crippen molar-refractivity contribution in [3.8, 4) is 0 Å². The van der Waals surface area contributed by atoms with E-state index < -0.39 is 17.7 Å². The van der Waals surface area contributed by atoms with Crippen molar-refractivity contribution < 1.29 is 63.5 Å². The Balaban J connectivity index is 0.000000323. The molecule has 0 amide bonds. The Kier molecular flexibility index (Phi) is 15.8. The predicted molar refractivity (Wildman–Crippen MR) is 153 cm³/mol. The van der Waals surface area contributed by atoms with Gasteiger partial charge >= 0.3 is 11.7 Å². The first-order valence-corrected chi connectivity index (χ1v) is 12.5. The van der Waals surface area contributed by atoms with Crippen LogP contribution in [0.25, 0.3) is 11.6 Å². The number of rotatable bonds is 6. The number of nitrogens with zero attached hydrogens (tertiary/aromatic N) is 2. The fourth-order valence-electron chi connectivity index (χ4n) is 4.38. The van der Waals surface area contributed by atoms with Gasteiger partial charge in [0, 0.05) is 39.0 Å². The van der Waals surface area contributed by atoms with Gasteiger partial charge in [-0.2, -0.15) is 4.79 Å². The van der Waals surface area contributed by atoms with E-state index in [2.05, 4.69) is 28.2 Å². The molecule has 4 aromatic carbocycles. The van der Waals surface area contributed by atoms with E-state index in [0.29, 0.717) is 5.56 Å². The maximum Gasteiger partial charge on any atom is 0.422 e. The Morgan fingerprint density at radius 2 is 1.34 bits per heavy atom. The molecule has 0 heterocycles. The van der Waals surface area contributed by atoms with E-state index in [0.717, 1.165) is 12.0 Å². The predicted octanol–water partition coefficient (Wildman–Crippen LogP) is 5.63. The summed E-state index contributed by atoms with van der Waals surface area (Å²) in [6.45, 7) is 3.63. The fourth-order valence-corrected chi connectivity index (χ4v) is 4.38. The van der Waals surface area contributed by atoms with E-state index in [4.69, 9.17) is 5.53 Å². The number of ether oxygens (including phenoxy) is 1. The Morgan fingerprint density at radius 3 is 1.76 bits per heavy atom. The minimum absolute atomic E-state index is 0. The molecule has 0 spiro atoms. The van der Waals surface area contributed by atoms with Gasteiger partial charge in [-0.25, -0.2) is 4.79 Å². The van der Waals surface area contributed by atoms with Crippen molar-refractivity contribution in [1.29, 1.82) is 0 Å². The van der Waals surface area contributed by atoms with Gasteiger partial charge < -0.3 is 20.5 Å². The Bertz CT molecular complexity index is 1380. The maximum atomic E-state index is 11.0. The number of hydrogen-bond acceptors (Lipinski definition) is 4. The van der Waals surface area contributed by atoms with Gasteiger partial charge in [0.15, 0.2) is 6.29 Å². The second-order valence-electron chi connectivity index (χ2n) is 8.87. The zero-order valence-electron chi connectivity index (χ0n) is 22.5. The number of esters is 1. The van der Waals surface area contributed by atoms with Crippen LogP contribution in [0.15, 0.2) is 128 Å². The molecule has 0 aliphatic heterocycles. The van der Waals surface area contributed by atoms with E-state index >= 15 is 0 Å². The maximum absolute atomic E-state index is 11.0. The first-order valence-electron chi connectivity index (χ1n) is 12.5. The van der Waals surface area contributed by atoms with Crippen molar-refractivity contribution >= 4 is 17.8 Å². The van der Waals surface area contributed by atoms with Crippen LogP contribution >= 0.6 is 0 Å². The molecule has 2 atom stereocenters. The van der Waals surface area contributed by atoms with Crippen molar-refractivity contribution in [3.63, 3.8) is 0 Å². The summed E-state index contributed by atoms with van der Waals surface area (Å²) in [5.41, 5.74) is 11.8. The molecule has 1 fully saturated rings. The van der Waals surface area contributed by atoms with Gasteiger partial charge in [0.05, 0.1) is 18.1 Å². The summed E-state index contributed by atoms with van der Waals surface area (Å²) < 4.78 is 4.43. The summed E-state index contributed by atoms with van der Waals surface area (Å²) >= 11 is 0. The molecule has 6 nitrogen and oxygen atoms in total. The average Bonchev–Trinajstić information content (AvgIpc) is 3.78. The third kappa shape index (κ3) is 9.61. The summed E-state index contributed by atoms with van der Waals surface area (Å²) in [4.78, 5) is 13.9. The molecular weight excluding hydrogens is 694 g/mol. The van der Waals surface area contributed by atoms with Gasteiger partial charge in [0.25, 0.3) is 0 Å². The normalized spacial score (nSPS) is 16.0. The first kappa shape index (κ1) is 35.7. The van der Waals surface area contributed by atoms with Crippen molar-refractivity contribution in [3.05, 3.63) is 156 Å². The molecule has 216 valence electrons. The standard InChI is InChI=1S/C16H16O2.C9H8N2O2.C8H8.2Rh/c17-15(18)16(13-9-5-2-6-10-13)11-14(16)12-7-3-1-4-8-12;1-13-9(12)8(11-10)7-5-3-2-4-6-7;1-2-8-6-4-3-5-7-8;;/h1-10,14-15,17-18H,11H2;2-6H,1H3;2-7H,1H2;;/t14-,16-;;;;/m1..../s1. The van der Waals surface area contributed by atoms with Crippen molar-refractivity contribution in [2.24, 2.45) is 0 Å². The SMILES string of the molecule is C=Cc1ccccc1.COC(=O)C(=[N+]=[N-])c1ccccc1.OC(O)[C@@]1(c2ccccc2)C[C@@H]1c1ccccc1.[Rh].[Rh]. The second kappa shape index (κ2) is 18.1. The first-order chi connectivity index (χ1) is 19.0. The van der Waals surface area contributed by atoms with Gasteiger partial charge in [-0.3, -0.25) is 0 Å². The van der Waals surface area contributed by atoms with E-state index in [1.807, 2.05) is 84.9 Å². The summed E-state index contributed by atoms with van der Waals surface area (Å²) in [7, 11) is 1.23. The number of carbonyl (C=O) groups excluding carboxylic acids is 1. The van der Waals surface area contributed by atoms with Crippen LogP contribution in [0.1, 0.15) is 34.6 Å². The van der Waals surface area contributed by atoms with Gasteiger partial charge in [-0.05, 0) is 41.2 Å². The molecule has 41 heavy (non-hydrogen) atoms. The number of methoxy groups -OCH3 is 1. The number of aliphatic hydroxyl groups is 2. The van der Waals surface area contributed by atoms with Crippen LogP contribution in [0.2, 0.25) is 0 Å². The molecule has 0 saturated heterocycles. The quantitative estimate of drug-likeness (QED) is 0.0673. The second-order valence-corrected chi connectivity index (χ2v) is 8.87. The Labute approximate surface area is 266 Å². The van der Waals surface area contributed by atoms with Crippen molar-refractivity contribution in [1.82, 2.24) is 0 Å². The van der Waals surface area contributed by atoms with Crippen LogP contribution in [-0.2, 0) is 53.9 Å². The van der Waals surface area contributed by atoms with E-state index in [1.165, 1.54) is 18.2 Å². The van der Waals surface area contributed by atoms with Gasteiger partial charge in [-0.1, -0.05) is 122 Å². The van der Waals surface area contributed by atoms with Crippen LogP contribution in [-0.4, -0.2) is 40.1 Å². The molecule has 0 aromatic heterocycles. The third-order valence-electron chi connectivity index (χ3n) is 6.54. The summed E-state index contributed by atoms with van der Waals surface area (Å²) in [6, 6.07) is 38.5. The molecule has 4 aromatic rings. The smallest absolute Gasteiger partial charge is 0.422 e. The molecule has 5 rings (SSSR count). The largest absolute Gasteiger partial charge is 0.460 e. The number of benzene rings is 4. The molecule has 0 unspecified atom stereocenters. The molecule has 2 radical (unpaired) electrons. The molecule has 1 aliphatic rings. The average molecular weight is 726 g/mol. The van der Waals surface area contributed by atoms with E-state index in [9.17, 15) is 15.0 Å². The molecule has 0 bridgehead atoms. The Hall–Kier alpha value is -3.36. The topological polar surface area (TPSA) is 103 Å². The molecular formula is C33H32N2O4Rh2. The van der Waals surface area contributed by atoms with E-state index in [-0.39, 0.29) is 50.6 Å². The van der Waals surface area contributed by atoms with Crippen LogP contribution in [0.4, 0.5) is 0 Å². The van der Waals surface area contributed by atoms with E-state index in [1.54, 1.807) is 30.3 Å². The van der Waals surface area contributed by atoms with Crippen molar-refractivity contribution in [2.45, 2.75) is 24.0 Å². The number of hydrogen-bond donors (Lipinski definition) is 2. The Morgan fingerprint density at radius 1 is 0.878 bits per heavy atom. The van der Waals surface area contributed by atoms with Crippen LogP contribution in [0.3, 0.4) is 0 Å². The van der Waals surface area contributed by atoms with Gasteiger partial charge in [-0.15, -0.1) is 0 Å².